The van der Waals surface area contributed by atoms with Crippen molar-refractivity contribution in [2.75, 3.05) is 12.8 Å². The van der Waals surface area contributed by atoms with Gasteiger partial charge in [0, 0.05) is 6.07 Å². The van der Waals surface area contributed by atoms with Gasteiger partial charge in [0.25, 0.3) is 0 Å². The zero-order valence-electron chi connectivity index (χ0n) is 11.3. The van der Waals surface area contributed by atoms with Gasteiger partial charge in [0.2, 0.25) is 0 Å². The summed E-state index contributed by atoms with van der Waals surface area (Å²) in [6.07, 6.45) is 0. The number of carbonyl (C=O) groups is 1. The van der Waals surface area contributed by atoms with Gasteiger partial charge in [-0.25, -0.2) is 9.18 Å². The molecule has 0 aliphatic carbocycles. The molecule has 0 unspecified atom stereocenters. The highest BCUT2D eigenvalue weighted by molar-refractivity contribution is 5.89. The molecule has 0 amide bonds. The summed E-state index contributed by atoms with van der Waals surface area (Å²) in [6.45, 7) is 0.160. The monoisotopic (exact) mass is 291 g/mol. The van der Waals surface area contributed by atoms with Crippen molar-refractivity contribution in [3.8, 4) is 11.5 Å². The molecule has 0 aliphatic heterocycles. The van der Waals surface area contributed by atoms with Crippen LogP contribution in [0.4, 0.5) is 10.1 Å². The van der Waals surface area contributed by atoms with Crippen molar-refractivity contribution in [3.05, 3.63) is 53.3 Å². The third-order valence-corrected chi connectivity index (χ3v) is 2.86. The SMILES string of the molecule is COc1cccc(COc2cc(F)c(C(=O)O)cc2N)c1. The maximum absolute atomic E-state index is 13.6. The van der Waals surface area contributed by atoms with Gasteiger partial charge in [-0.2, -0.15) is 0 Å². The van der Waals surface area contributed by atoms with Gasteiger partial charge < -0.3 is 20.3 Å². The van der Waals surface area contributed by atoms with E-state index in [4.69, 9.17) is 20.3 Å². The number of carboxylic acid groups (broad SMARTS) is 1. The van der Waals surface area contributed by atoms with Crippen LogP contribution in [-0.2, 0) is 6.61 Å². The molecule has 0 aromatic heterocycles. The van der Waals surface area contributed by atoms with E-state index in [2.05, 4.69) is 0 Å². The number of hydrogen-bond donors (Lipinski definition) is 2. The second-order valence-electron chi connectivity index (χ2n) is 4.32. The van der Waals surface area contributed by atoms with E-state index >= 15 is 0 Å². The van der Waals surface area contributed by atoms with Gasteiger partial charge in [-0.1, -0.05) is 12.1 Å². The van der Waals surface area contributed by atoms with Gasteiger partial charge in [0.1, 0.15) is 23.9 Å². The molecule has 110 valence electrons. The topological polar surface area (TPSA) is 81.8 Å². The predicted octanol–water partition coefficient (Wildman–Crippen LogP) is 2.69. The third-order valence-electron chi connectivity index (χ3n) is 2.86. The highest BCUT2D eigenvalue weighted by atomic mass is 19.1. The largest absolute Gasteiger partial charge is 0.497 e. The summed E-state index contributed by atoms with van der Waals surface area (Å²) >= 11 is 0. The molecule has 5 nitrogen and oxygen atoms in total. The molecule has 21 heavy (non-hydrogen) atoms. The number of nitrogens with two attached hydrogens (primary N) is 1. The first kappa shape index (κ1) is 14.6. The number of hydrogen-bond acceptors (Lipinski definition) is 4. The van der Waals surface area contributed by atoms with Gasteiger partial charge in [0.15, 0.2) is 0 Å². The van der Waals surface area contributed by atoms with Gasteiger partial charge in [-0.15, -0.1) is 0 Å². The Morgan fingerprint density at radius 3 is 2.76 bits per heavy atom. The number of rotatable bonds is 5. The Bertz CT molecular complexity index is 673. The summed E-state index contributed by atoms with van der Waals surface area (Å²) in [6, 6.07) is 9.20. The maximum Gasteiger partial charge on any atom is 0.338 e. The summed E-state index contributed by atoms with van der Waals surface area (Å²) in [4.78, 5) is 10.8. The van der Waals surface area contributed by atoms with Crippen LogP contribution >= 0.6 is 0 Å². The van der Waals surface area contributed by atoms with E-state index in [1.54, 1.807) is 25.3 Å². The van der Waals surface area contributed by atoms with Crippen LogP contribution in [0.15, 0.2) is 36.4 Å². The highest BCUT2D eigenvalue weighted by Gasteiger charge is 2.14. The summed E-state index contributed by atoms with van der Waals surface area (Å²) in [7, 11) is 1.55. The van der Waals surface area contributed by atoms with Crippen molar-refractivity contribution in [1.82, 2.24) is 0 Å². The van der Waals surface area contributed by atoms with Gasteiger partial charge in [0.05, 0.1) is 18.4 Å². The van der Waals surface area contributed by atoms with E-state index in [1.165, 1.54) is 0 Å². The minimum absolute atomic E-state index is 0.0664. The first-order chi connectivity index (χ1) is 10.0. The van der Waals surface area contributed by atoms with Crippen molar-refractivity contribution < 1.29 is 23.8 Å². The number of benzene rings is 2. The second-order valence-corrected chi connectivity index (χ2v) is 4.32. The number of carboxylic acids is 1. The Hall–Kier alpha value is -2.76. The second kappa shape index (κ2) is 6.13. The zero-order chi connectivity index (χ0) is 15.4. The lowest BCUT2D eigenvalue weighted by atomic mass is 10.1. The lowest BCUT2D eigenvalue weighted by Gasteiger charge is -2.11. The Kier molecular flexibility index (Phi) is 4.27. The molecule has 0 aliphatic rings. The first-order valence-electron chi connectivity index (χ1n) is 6.09. The highest BCUT2D eigenvalue weighted by Crippen LogP contribution is 2.26. The van der Waals surface area contributed by atoms with Crippen molar-refractivity contribution in [1.29, 1.82) is 0 Å². The van der Waals surface area contributed by atoms with Crippen molar-refractivity contribution >= 4 is 11.7 Å². The van der Waals surface area contributed by atoms with Gasteiger partial charge in [-0.3, -0.25) is 0 Å². The Morgan fingerprint density at radius 1 is 1.33 bits per heavy atom. The maximum atomic E-state index is 13.6. The van der Waals surface area contributed by atoms with Crippen molar-refractivity contribution in [2.45, 2.75) is 6.61 Å². The number of nitrogen functional groups attached to an aromatic ring is 1. The Morgan fingerprint density at radius 2 is 2.10 bits per heavy atom. The summed E-state index contributed by atoms with van der Waals surface area (Å²) in [5.41, 5.74) is 6.07. The molecule has 0 saturated carbocycles. The molecule has 0 bridgehead atoms. The third kappa shape index (κ3) is 3.42. The van der Waals surface area contributed by atoms with Crippen LogP contribution in [0.5, 0.6) is 11.5 Å². The number of aromatic carboxylic acids is 1. The minimum atomic E-state index is -1.38. The normalized spacial score (nSPS) is 10.2. The molecule has 6 heteroatoms. The van der Waals surface area contributed by atoms with Crippen LogP contribution < -0.4 is 15.2 Å². The lowest BCUT2D eigenvalue weighted by molar-refractivity contribution is 0.0692. The molecular formula is C15H14FNO4. The standard InChI is InChI=1S/C15H14FNO4/c1-20-10-4-2-3-9(5-10)8-21-14-7-12(16)11(15(18)19)6-13(14)17/h2-7H,8,17H2,1H3,(H,18,19). The molecule has 0 saturated heterocycles. The van der Waals surface area contributed by atoms with Crippen molar-refractivity contribution in [2.24, 2.45) is 0 Å². The fourth-order valence-electron chi connectivity index (χ4n) is 1.78. The van der Waals surface area contributed by atoms with Crippen LogP contribution in [0.2, 0.25) is 0 Å². The molecule has 0 spiro atoms. The molecule has 3 N–H and O–H groups in total. The van der Waals surface area contributed by atoms with E-state index < -0.39 is 17.3 Å². The van der Waals surface area contributed by atoms with E-state index in [1.807, 2.05) is 6.07 Å². The summed E-state index contributed by atoms with van der Waals surface area (Å²) in [5, 5.41) is 8.80. The smallest absolute Gasteiger partial charge is 0.338 e. The zero-order valence-corrected chi connectivity index (χ0v) is 11.3. The van der Waals surface area contributed by atoms with Crippen LogP contribution in [0.25, 0.3) is 0 Å². The number of ether oxygens (including phenoxy) is 2. The van der Waals surface area contributed by atoms with Crippen molar-refractivity contribution in [3.63, 3.8) is 0 Å². The van der Waals surface area contributed by atoms with Gasteiger partial charge in [-0.05, 0) is 23.8 Å². The van der Waals surface area contributed by atoms with E-state index in [9.17, 15) is 9.18 Å². The Balaban J connectivity index is 2.16. The van der Waals surface area contributed by atoms with Crippen LogP contribution in [0.1, 0.15) is 15.9 Å². The number of halogens is 1. The summed E-state index contributed by atoms with van der Waals surface area (Å²) in [5.74, 6) is -1.49. The first-order valence-corrected chi connectivity index (χ1v) is 6.09. The molecule has 2 rings (SSSR count). The average molecular weight is 291 g/mol. The van der Waals surface area contributed by atoms with Crippen LogP contribution in [0.3, 0.4) is 0 Å². The molecule has 2 aromatic rings. The number of anilines is 1. The molecule has 2 aromatic carbocycles. The molecule has 0 heterocycles. The molecule has 0 radical (unpaired) electrons. The molecule has 0 fully saturated rings. The van der Waals surface area contributed by atoms with Gasteiger partial charge >= 0.3 is 5.97 Å². The quantitative estimate of drug-likeness (QED) is 0.828. The fourth-order valence-corrected chi connectivity index (χ4v) is 1.78. The predicted molar refractivity (Wildman–Crippen MR) is 75.1 cm³/mol. The average Bonchev–Trinajstić information content (AvgIpc) is 2.47. The van der Waals surface area contributed by atoms with E-state index in [-0.39, 0.29) is 18.0 Å². The van der Waals surface area contributed by atoms with E-state index in [0.717, 1.165) is 17.7 Å². The fraction of sp³-hybridized carbons (Fsp3) is 0.133. The minimum Gasteiger partial charge on any atom is -0.497 e. The summed E-state index contributed by atoms with van der Waals surface area (Å²) < 4.78 is 24.1. The molecule has 0 atom stereocenters. The van der Waals surface area contributed by atoms with Crippen LogP contribution in [-0.4, -0.2) is 18.2 Å². The number of methoxy groups -OCH3 is 1. The van der Waals surface area contributed by atoms with Crippen LogP contribution in [0, 0.1) is 5.82 Å². The Labute approximate surface area is 120 Å². The lowest BCUT2D eigenvalue weighted by Crippen LogP contribution is -2.05. The molecular weight excluding hydrogens is 277 g/mol. The van der Waals surface area contributed by atoms with E-state index in [0.29, 0.717) is 5.75 Å².